The number of sulfonamides is 1. The first-order chi connectivity index (χ1) is 10.8. The van der Waals surface area contributed by atoms with Crippen molar-refractivity contribution in [2.24, 2.45) is 0 Å². The molecular formula is C16H18N2O4S. The molecule has 2 aromatic carbocycles. The Morgan fingerprint density at radius 1 is 1.13 bits per heavy atom. The third kappa shape index (κ3) is 3.94. The van der Waals surface area contributed by atoms with E-state index in [1.165, 1.54) is 24.3 Å². The van der Waals surface area contributed by atoms with Crippen molar-refractivity contribution in [1.82, 2.24) is 4.72 Å². The lowest BCUT2D eigenvalue weighted by molar-refractivity contribution is -0.387. The van der Waals surface area contributed by atoms with E-state index in [1.807, 2.05) is 38.1 Å². The Balaban J connectivity index is 2.36. The first-order valence-electron chi connectivity index (χ1n) is 7.17. The Morgan fingerprint density at radius 2 is 1.74 bits per heavy atom. The van der Waals surface area contributed by atoms with Gasteiger partial charge in [0.15, 0.2) is 4.90 Å². The number of hydrogen-bond acceptors (Lipinski definition) is 4. The van der Waals surface area contributed by atoms with Crippen molar-refractivity contribution in [3.05, 3.63) is 69.8 Å². The molecule has 0 bridgehead atoms. The number of hydrogen-bond donors (Lipinski definition) is 1. The van der Waals surface area contributed by atoms with E-state index in [1.54, 1.807) is 0 Å². The summed E-state index contributed by atoms with van der Waals surface area (Å²) >= 11 is 0. The van der Waals surface area contributed by atoms with Gasteiger partial charge in [-0.15, -0.1) is 0 Å². The predicted octanol–water partition coefficient (Wildman–Crippen LogP) is 3.33. The zero-order chi connectivity index (χ0) is 17.0. The molecule has 1 N–H and O–H groups in total. The van der Waals surface area contributed by atoms with Gasteiger partial charge in [0.05, 0.1) is 4.92 Å². The van der Waals surface area contributed by atoms with Gasteiger partial charge < -0.3 is 0 Å². The standard InChI is InChI=1S/C16H18N2O4S/c1-3-14(13-10-8-12(2)9-11-13)17-23(21,22)16-7-5-4-6-15(16)18(19)20/h4-11,14,17H,3H2,1-2H3/t14-/m1/s1. The van der Waals surface area contributed by atoms with Gasteiger partial charge in [-0.3, -0.25) is 10.1 Å². The highest BCUT2D eigenvalue weighted by atomic mass is 32.2. The Labute approximate surface area is 135 Å². The van der Waals surface area contributed by atoms with Crippen LogP contribution in [0.4, 0.5) is 5.69 Å². The second-order valence-corrected chi connectivity index (χ2v) is 6.90. The molecule has 122 valence electrons. The van der Waals surface area contributed by atoms with Gasteiger partial charge in [-0.1, -0.05) is 48.9 Å². The van der Waals surface area contributed by atoms with Crippen LogP contribution in [0.3, 0.4) is 0 Å². The van der Waals surface area contributed by atoms with Gasteiger partial charge in [0.25, 0.3) is 5.69 Å². The minimum Gasteiger partial charge on any atom is -0.258 e. The highest BCUT2D eigenvalue weighted by Crippen LogP contribution is 2.26. The van der Waals surface area contributed by atoms with Crippen LogP contribution >= 0.6 is 0 Å². The van der Waals surface area contributed by atoms with Crippen LogP contribution in [-0.4, -0.2) is 13.3 Å². The smallest absolute Gasteiger partial charge is 0.258 e. The van der Waals surface area contributed by atoms with Gasteiger partial charge in [0.2, 0.25) is 10.0 Å². The number of nitrogens with zero attached hydrogens (tertiary/aromatic N) is 1. The molecule has 0 radical (unpaired) electrons. The van der Waals surface area contributed by atoms with E-state index >= 15 is 0 Å². The summed E-state index contributed by atoms with van der Waals surface area (Å²) in [4.78, 5) is 10.0. The minimum absolute atomic E-state index is 0.324. The second-order valence-electron chi connectivity index (χ2n) is 5.22. The number of para-hydroxylation sites is 1. The van der Waals surface area contributed by atoms with Crippen LogP contribution in [0.15, 0.2) is 53.4 Å². The molecule has 7 heteroatoms. The van der Waals surface area contributed by atoms with Gasteiger partial charge >= 0.3 is 0 Å². The molecule has 23 heavy (non-hydrogen) atoms. The predicted molar refractivity (Wildman–Crippen MR) is 87.6 cm³/mol. The highest BCUT2D eigenvalue weighted by molar-refractivity contribution is 7.89. The van der Waals surface area contributed by atoms with Crippen LogP contribution in [0.1, 0.15) is 30.5 Å². The zero-order valence-corrected chi connectivity index (χ0v) is 13.7. The fourth-order valence-corrected chi connectivity index (χ4v) is 3.75. The Kier molecular flexibility index (Phi) is 5.12. The van der Waals surface area contributed by atoms with Crippen LogP contribution in [0, 0.1) is 17.0 Å². The Hall–Kier alpha value is -2.25. The number of nitro benzene ring substituents is 1. The molecule has 0 spiro atoms. The molecule has 0 unspecified atom stereocenters. The fourth-order valence-electron chi connectivity index (χ4n) is 2.27. The van der Waals surface area contributed by atoms with E-state index in [4.69, 9.17) is 0 Å². The number of aryl methyl sites for hydroxylation is 1. The lowest BCUT2D eigenvalue weighted by Crippen LogP contribution is -2.28. The first-order valence-corrected chi connectivity index (χ1v) is 8.65. The van der Waals surface area contributed by atoms with Gasteiger partial charge in [0.1, 0.15) is 0 Å². The summed E-state index contributed by atoms with van der Waals surface area (Å²) in [6.45, 7) is 3.80. The van der Waals surface area contributed by atoms with E-state index in [2.05, 4.69) is 4.72 Å². The number of nitrogens with one attached hydrogen (secondary N) is 1. The molecule has 0 aliphatic heterocycles. The maximum absolute atomic E-state index is 12.6. The summed E-state index contributed by atoms with van der Waals surface area (Å²) in [6, 6.07) is 12.4. The topological polar surface area (TPSA) is 89.3 Å². The highest BCUT2D eigenvalue weighted by Gasteiger charge is 2.27. The summed E-state index contributed by atoms with van der Waals surface area (Å²) in [5.41, 5.74) is 1.46. The Morgan fingerprint density at radius 3 is 2.30 bits per heavy atom. The fraction of sp³-hybridized carbons (Fsp3) is 0.250. The molecule has 0 heterocycles. The third-order valence-corrected chi connectivity index (χ3v) is 5.06. The van der Waals surface area contributed by atoms with Crippen molar-refractivity contribution in [3.8, 4) is 0 Å². The minimum atomic E-state index is -4.00. The molecule has 2 rings (SSSR count). The van der Waals surface area contributed by atoms with Crippen LogP contribution in [0.25, 0.3) is 0 Å². The largest absolute Gasteiger partial charge is 0.289 e. The maximum Gasteiger partial charge on any atom is 0.289 e. The van der Waals surface area contributed by atoms with Gasteiger partial charge in [-0.05, 0) is 25.0 Å². The zero-order valence-electron chi connectivity index (χ0n) is 12.9. The summed E-state index contributed by atoms with van der Waals surface area (Å²) in [7, 11) is -4.00. The van der Waals surface area contributed by atoms with Crippen LogP contribution < -0.4 is 4.72 Å². The normalized spacial score (nSPS) is 12.8. The average Bonchev–Trinajstić information content (AvgIpc) is 2.53. The molecule has 2 aromatic rings. The monoisotopic (exact) mass is 334 g/mol. The summed E-state index contributed by atoms with van der Waals surface area (Å²) in [5, 5.41) is 11.0. The summed E-state index contributed by atoms with van der Waals surface area (Å²) in [6.07, 6.45) is 0.531. The molecule has 0 aromatic heterocycles. The van der Waals surface area contributed by atoms with E-state index < -0.39 is 26.7 Å². The van der Waals surface area contributed by atoms with Crippen LogP contribution in [0.5, 0.6) is 0 Å². The molecule has 0 fully saturated rings. The van der Waals surface area contributed by atoms with Crippen molar-refractivity contribution >= 4 is 15.7 Å². The van der Waals surface area contributed by atoms with Crippen molar-refractivity contribution in [2.75, 3.05) is 0 Å². The molecular weight excluding hydrogens is 316 g/mol. The van der Waals surface area contributed by atoms with E-state index in [-0.39, 0.29) is 4.90 Å². The second kappa shape index (κ2) is 6.89. The van der Waals surface area contributed by atoms with Crippen LogP contribution in [0.2, 0.25) is 0 Å². The number of rotatable bonds is 6. The average molecular weight is 334 g/mol. The molecule has 0 aliphatic carbocycles. The number of nitro groups is 1. The van der Waals surface area contributed by atoms with E-state index in [9.17, 15) is 18.5 Å². The van der Waals surface area contributed by atoms with Crippen LogP contribution in [-0.2, 0) is 10.0 Å². The van der Waals surface area contributed by atoms with Crippen molar-refractivity contribution in [1.29, 1.82) is 0 Å². The van der Waals surface area contributed by atoms with E-state index in [0.717, 1.165) is 11.1 Å². The molecule has 1 atom stereocenters. The molecule has 0 aliphatic rings. The van der Waals surface area contributed by atoms with Gasteiger partial charge in [-0.25, -0.2) is 13.1 Å². The quantitative estimate of drug-likeness (QED) is 0.648. The number of benzene rings is 2. The van der Waals surface area contributed by atoms with Crippen molar-refractivity contribution in [2.45, 2.75) is 31.2 Å². The lowest BCUT2D eigenvalue weighted by Gasteiger charge is -2.17. The Bertz CT molecular complexity index is 801. The van der Waals surface area contributed by atoms with Gasteiger partial charge in [0, 0.05) is 12.1 Å². The third-order valence-electron chi connectivity index (χ3n) is 3.54. The first kappa shape index (κ1) is 17.1. The molecule has 0 saturated carbocycles. The molecule has 0 amide bonds. The molecule has 6 nitrogen and oxygen atoms in total. The lowest BCUT2D eigenvalue weighted by atomic mass is 10.0. The van der Waals surface area contributed by atoms with E-state index in [0.29, 0.717) is 6.42 Å². The molecule has 0 saturated heterocycles. The van der Waals surface area contributed by atoms with Gasteiger partial charge in [-0.2, -0.15) is 0 Å². The summed E-state index contributed by atoms with van der Waals surface area (Å²) < 4.78 is 27.7. The van der Waals surface area contributed by atoms with Crippen molar-refractivity contribution in [3.63, 3.8) is 0 Å². The van der Waals surface area contributed by atoms with Crippen molar-refractivity contribution < 1.29 is 13.3 Å². The SMILES string of the molecule is CC[C@@H](NS(=O)(=O)c1ccccc1[N+](=O)[O-])c1ccc(C)cc1. The maximum atomic E-state index is 12.6. The summed E-state index contributed by atoms with van der Waals surface area (Å²) in [5.74, 6) is 0.